The van der Waals surface area contributed by atoms with E-state index in [0.29, 0.717) is 12.1 Å². The van der Waals surface area contributed by atoms with E-state index in [-0.39, 0.29) is 0 Å². The fourth-order valence-electron chi connectivity index (χ4n) is 1.02. The minimum Gasteiger partial charge on any atom is -0.386 e. The summed E-state index contributed by atoms with van der Waals surface area (Å²) >= 11 is 3.35. The molecule has 0 aliphatic heterocycles. The zero-order chi connectivity index (χ0) is 9.84. The van der Waals surface area contributed by atoms with Crippen LogP contribution in [0.15, 0.2) is 29.4 Å². The quantitative estimate of drug-likeness (QED) is 0.826. The fourth-order valence-corrected chi connectivity index (χ4v) is 1.24. The minimum absolute atomic E-state index is 0.536. The standard InChI is InChI=1S/C10H12BrNO/c1-3-4-10(13)9-5-7(2)8(11)6-12-9/h3,5-6,10,13H,1,4H2,2H3. The zero-order valence-electron chi connectivity index (χ0n) is 7.50. The van der Waals surface area contributed by atoms with E-state index in [1.54, 1.807) is 12.3 Å². The van der Waals surface area contributed by atoms with Gasteiger partial charge in [0.2, 0.25) is 0 Å². The van der Waals surface area contributed by atoms with Gasteiger partial charge in [0.05, 0.1) is 11.8 Å². The molecule has 1 N–H and O–H groups in total. The van der Waals surface area contributed by atoms with Crippen LogP contribution in [-0.4, -0.2) is 10.1 Å². The summed E-state index contributed by atoms with van der Waals surface area (Å²) in [6.45, 7) is 5.54. The Bertz CT molecular complexity index is 312. The third kappa shape index (κ3) is 2.64. The Morgan fingerprint density at radius 3 is 3.00 bits per heavy atom. The van der Waals surface area contributed by atoms with Crippen LogP contribution in [0.3, 0.4) is 0 Å². The lowest BCUT2D eigenvalue weighted by atomic mass is 10.1. The van der Waals surface area contributed by atoms with Gasteiger partial charge >= 0.3 is 0 Å². The van der Waals surface area contributed by atoms with Crippen molar-refractivity contribution in [1.82, 2.24) is 4.98 Å². The lowest BCUT2D eigenvalue weighted by molar-refractivity contribution is 0.176. The number of pyridine rings is 1. The molecule has 0 bridgehead atoms. The second kappa shape index (κ2) is 4.53. The lowest BCUT2D eigenvalue weighted by Crippen LogP contribution is -1.99. The summed E-state index contributed by atoms with van der Waals surface area (Å²) < 4.78 is 0.960. The molecule has 1 rings (SSSR count). The highest BCUT2D eigenvalue weighted by molar-refractivity contribution is 9.10. The van der Waals surface area contributed by atoms with E-state index >= 15 is 0 Å². The van der Waals surface area contributed by atoms with Crippen LogP contribution in [0.4, 0.5) is 0 Å². The van der Waals surface area contributed by atoms with Crippen molar-refractivity contribution in [3.05, 3.63) is 40.6 Å². The van der Waals surface area contributed by atoms with E-state index < -0.39 is 6.10 Å². The van der Waals surface area contributed by atoms with Crippen molar-refractivity contribution in [3.8, 4) is 0 Å². The molecule has 0 aliphatic rings. The second-order valence-electron chi connectivity index (χ2n) is 2.90. The molecule has 0 saturated heterocycles. The number of hydrogen-bond acceptors (Lipinski definition) is 2. The topological polar surface area (TPSA) is 33.1 Å². The Morgan fingerprint density at radius 1 is 1.77 bits per heavy atom. The molecule has 1 atom stereocenters. The Kier molecular flexibility index (Phi) is 3.63. The van der Waals surface area contributed by atoms with Crippen molar-refractivity contribution in [2.45, 2.75) is 19.4 Å². The number of hydrogen-bond donors (Lipinski definition) is 1. The lowest BCUT2D eigenvalue weighted by Gasteiger charge is -2.08. The number of halogens is 1. The van der Waals surface area contributed by atoms with Gasteiger partial charge in [0, 0.05) is 10.7 Å². The summed E-state index contributed by atoms with van der Waals surface area (Å²) in [6, 6.07) is 1.87. The van der Waals surface area contributed by atoms with Gasteiger partial charge in [-0.1, -0.05) is 6.08 Å². The van der Waals surface area contributed by atoms with Gasteiger partial charge in [-0.25, -0.2) is 0 Å². The van der Waals surface area contributed by atoms with Crippen LogP contribution < -0.4 is 0 Å². The van der Waals surface area contributed by atoms with Crippen LogP contribution in [0.5, 0.6) is 0 Å². The maximum atomic E-state index is 9.59. The van der Waals surface area contributed by atoms with Crippen LogP contribution in [0.2, 0.25) is 0 Å². The maximum Gasteiger partial charge on any atom is 0.0994 e. The van der Waals surface area contributed by atoms with Gasteiger partial charge in [-0.3, -0.25) is 4.98 Å². The molecule has 1 heterocycles. The summed E-state index contributed by atoms with van der Waals surface area (Å²) in [7, 11) is 0. The highest BCUT2D eigenvalue weighted by Gasteiger charge is 2.07. The maximum absolute atomic E-state index is 9.59. The SMILES string of the molecule is C=CCC(O)c1cc(C)c(Br)cn1. The highest BCUT2D eigenvalue weighted by atomic mass is 79.9. The highest BCUT2D eigenvalue weighted by Crippen LogP contribution is 2.20. The largest absolute Gasteiger partial charge is 0.386 e. The smallest absolute Gasteiger partial charge is 0.0994 e. The van der Waals surface area contributed by atoms with Gasteiger partial charge in [0.15, 0.2) is 0 Å². The number of nitrogens with zero attached hydrogens (tertiary/aromatic N) is 1. The van der Waals surface area contributed by atoms with Crippen LogP contribution in [0, 0.1) is 6.92 Å². The van der Waals surface area contributed by atoms with Gasteiger partial charge in [-0.05, 0) is 40.9 Å². The Hall–Kier alpha value is -0.670. The van der Waals surface area contributed by atoms with E-state index in [4.69, 9.17) is 0 Å². The molecule has 3 heteroatoms. The molecule has 1 aromatic heterocycles. The molecule has 0 saturated carbocycles. The molecule has 0 radical (unpaired) electrons. The molecule has 70 valence electrons. The first kappa shape index (κ1) is 10.4. The van der Waals surface area contributed by atoms with Crippen molar-refractivity contribution < 1.29 is 5.11 Å². The van der Waals surface area contributed by atoms with Gasteiger partial charge in [-0.15, -0.1) is 6.58 Å². The molecule has 0 aromatic carbocycles. The van der Waals surface area contributed by atoms with Crippen molar-refractivity contribution in [2.24, 2.45) is 0 Å². The molecule has 1 aromatic rings. The predicted molar refractivity (Wildman–Crippen MR) is 56.4 cm³/mol. The number of aryl methyl sites for hydroxylation is 1. The van der Waals surface area contributed by atoms with Crippen molar-refractivity contribution in [3.63, 3.8) is 0 Å². The summed E-state index contributed by atoms with van der Waals surface area (Å²) in [5.41, 5.74) is 1.77. The molecule has 0 aliphatic carbocycles. The fraction of sp³-hybridized carbons (Fsp3) is 0.300. The predicted octanol–water partition coefficient (Wildman–Crippen LogP) is 2.76. The van der Waals surface area contributed by atoms with Crippen molar-refractivity contribution in [2.75, 3.05) is 0 Å². The van der Waals surface area contributed by atoms with Gasteiger partial charge in [-0.2, -0.15) is 0 Å². The van der Waals surface area contributed by atoms with Gasteiger partial charge in [0.1, 0.15) is 0 Å². The Labute approximate surface area is 86.4 Å². The molecule has 1 unspecified atom stereocenters. The van der Waals surface area contributed by atoms with Crippen LogP contribution in [-0.2, 0) is 0 Å². The summed E-state index contributed by atoms with van der Waals surface area (Å²) in [5.74, 6) is 0. The Morgan fingerprint density at radius 2 is 2.46 bits per heavy atom. The van der Waals surface area contributed by atoms with Crippen LogP contribution >= 0.6 is 15.9 Å². The van der Waals surface area contributed by atoms with E-state index in [1.165, 1.54) is 0 Å². The first-order chi connectivity index (χ1) is 6.15. The van der Waals surface area contributed by atoms with E-state index in [1.807, 2.05) is 13.0 Å². The first-order valence-corrected chi connectivity index (χ1v) is 4.85. The van der Waals surface area contributed by atoms with E-state index in [2.05, 4.69) is 27.5 Å². The average molecular weight is 242 g/mol. The number of rotatable bonds is 3. The summed E-state index contributed by atoms with van der Waals surface area (Å²) in [5, 5.41) is 9.59. The third-order valence-corrected chi connectivity index (χ3v) is 2.63. The number of aromatic nitrogens is 1. The average Bonchev–Trinajstić information content (AvgIpc) is 2.10. The monoisotopic (exact) mass is 241 g/mol. The first-order valence-electron chi connectivity index (χ1n) is 4.06. The molecule has 0 amide bonds. The van der Waals surface area contributed by atoms with Crippen molar-refractivity contribution in [1.29, 1.82) is 0 Å². The third-order valence-electron chi connectivity index (χ3n) is 1.80. The summed E-state index contributed by atoms with van der Waals surface area (Å²) in [4.78, 5) is 4.11. The molecule has 2 nitrogen and oxygen atoms in total. The van der Waals surface area contributed by atoms with Gasteiger partial charge < -0.3 is 5.11 Å². The van der Waals surface area contributed by atoms with E-state index in [0.717, 1.165) is 10.0 Å². The summed E-state index contributed by atoms with van der Waals surface area (Å²) in [6.07, 6.45) is 3.39. The molecular formula is C10H12BrNO. The van der Waals surface area contributed by atoms with Gasteiger partial charge in [0.25, 0.3) is 0 Å². The van der Waals surface area contributed by atoms with Crippen LogP contribution in [0.25, 0.3) is 0 Å². The second-order valence-corrected chi connectivity index (χ2v) is 3.75. The number of aliphatic hydroxyl groups excluding tert-OH is 1. The minimum atomic E-state index is -0.538. The normalized spacial score (nSPS) is 12.5. The molecule has 13 heavy (non-hydrogen) atoms. The van der Waals surface area contributed by atoms with E-state index in [9.17, 15) is 5.11 Å². The molecule has 0 spiro atoms. The van der Waals surface area contributed by atoms with Crippen LogP contribution in [0.1, 0.15) is 23.8 Å². The van der Waals surface area contributed by atoms with Crippen molar-refractivity contribution >= 4 is 15.9 Å². The molecular weight excluding hydrogens is 230 g/mol. The molecule has 0 fully saturated rings. The number of aliphatic hydroxyl groups is 1. The Balaban J connectivity index is 2.89. The zero-order valence-corrected chi connectivity index (χ0v) is 9.08.